The molecule has 1 amide bonds. The molecule has 1 saturated carbocycles. The van der Waals surface area contributed by atoms with Crippen molar-refractivity contribution >= 4 is 5.91 Å². The highest BCUT2D eigenvalue weighted by Gasteiger charge is 2.26. The minimum absolute atomic E-state index is 0.369. The van der Waals surface area contributed by atoms with Crippen molar-refractivity contribution in [2.45, 2.75) is 57.8 Å². The van der Waals surface area contributed by atoms with E-state index in [2.05, 4.69) is 19.9 Å². The lowest BCUT2D eigenvalue weighted by molar-refractivity contribution is -0.134. The van der Waals surface area contributed by atoms with Crippen LogP contribution >= 0.6 is 0 Å². The van der Waals surface area contributed by atoms with Gasteiger partial charge in [-0.25, -0.2) is 15.0 Å². The lowest BCUT2D eigenvalue weighted by atomic mass is 9.86. The number of carbonyl (C=O) groups excluding carboxylic acids is 1. The van der Waals surface area contributed by atoms with Crippen LogP contribution in [0, 0.1) is 11.8 Å². The first-order valence-electron chi connectivity index (χ1n) is 10.8. The Bertz CT molecular complexity index is 796. The van der Waals surface area contributed by atoms with Crippen LogP contribution in [0.5, 0.6) is 0 Å². The van der Waals surface area contributed by atoms with Gasteiger partial charge in [-0.15, -0.1) is 0 Å². The first kappa shape index (κ1) is 19.1. The van der Waals surface area contributed by atoms with E-state index in [1.165, 1.54) is 32.1 Å². The maximum absolute atomic E-state index is 12.8. The molecule has 1 aliphatic heterocycles. The summed E-state index contributed by atoms with van der Waals surface area (Å²) in [4.78, 5) is 28.2. The van der Waals surface area contributed by atoms with Gasteiger partial charge in [0.15, 0.2) is 5.82 Å². The molecule has 0 N–H and O–H groups in total. The van der Waals surface area contributed by atoms with Crippen molar-refractivity contribution in [3.05, 3.63) is 30.5 Å². The Labute approximate surface area is 167 Å². The van der Waals surface area contributed by atoms with E-state index in [4.69, 9.17) is 0 Å². The van der Waals surface area contributed by atoms with E-state index in [-0.39, 0.29) is 0 Å². The smallest absolute Gasteiger partial charge is 0.222 e. The summed E-state index contributed by atoms with van der Waals surface area (Å²) in [7, 11) is 1.97. The number of imidazole rings is 1. The lowest BCUT2D eigenvalue weighted by Crippen LogP contribution is -2.41. The summed E-state index contributed by atoms with van der Waals surface area (Å²) in [6, 6.07) is 2.05. The molecule has 1 atom stereocenters. The molecule has 6 nitrogen and oxygen atoms in total. The second-order valence-corrected chi connectivity index (χ2v) is 8.52. The Morgan fingerprint density at radius 2 is 1.89 bits per heavy atom. The van der Waals surface area contributed by atoms with Crippen LogP contribution in [0.1, 0.15) is 57.1 Å². The third-order valence-corrected chi connectivity index (χ3v) is 6.33. The van der Waals surface area contributed by atoms with Crippen molar-refractivity contribution < 1.29 is 4.79 Å². The van der Waals surface area contributed by atoms with Crippen LogP contribution in [-0.4, -0.2) is 43.4 Å². The molecule has 2 aromatic rings. The topological polar surface area (TPSA) is 63.9 Å². The highest BCUT2D eigenvalue weighted by Crippen LogP contribution is 2.28. The minimum Gasteiger partial charge on any atom is -0.342 e. The Kier molecular flexibility index (Phi) is 6.03. The number of amides is 1. The van der Waals surface area contributed by atoms with Crippen molar-refractivity contribution in [3.8, 4) is 11.5 Å². The van der Waals surface area contributed by atoms with Gasteiger partial charge in [-0.2, -0.15) is 0 Å². The molecule has 28 heavy (non-hydrogen) atoms. The van der Waals surface area contributed by atoms with Crippen molar-refractivity contribution in [2.24, 2.45) is 18.9 Å². The first-order valence-corrected chi connectivity index (χ1v) is 10.8. The monoisotopic (exact) mass is 381 g/mol. The number of hydrogen-bond donors (Lipinski definition) is 0. The van der Waals surface area contributed by atoms with Gasteiger partial charge in [0, 0.05) is 44.6 Å². The lowest BCUT2D eigenvalue weighted by Gasteiger charge is -2.34. The number of piperidine rings is 1. The molecule has 1 aliphatic carbocycles. The maximum atomic E-state index is 12.8. The number of aryl methyl sites for hydroxylation is 1. The zero-order valence-corrected chi connectivity index (χ0v) is 16.9. The molecule has 0 spiro atoms. The van der Waals surface area contributed by atoms with E-state index in [0.717, 1.165) is 56.0 Å². The van der Waals surface area contributed by atoms with Gasteiger partial charge in [-0.3, -0.25) is 4.79 Å². The molecule has 0 bridgehead atoms. The van der Waals surface area contributed by atoms with Gasteiger partial charge in [0.1, 0.15) is 12.0 Å². The second-order valence-electron chi connectivity index (χ2n) is 8.52. The zero-order chi connectivity index (χ0) is 19.3. The second kappa shape index (κ2) is 8.84. The van der Waals surface area contributed by atoms with Gasteiger partial charge in [0.25, 0.3) is 0 Å². The van der Waals surface area contributed by atoms with E-state index in [1.54, 1.807) is 12.5 Å². The van der Waals surface area contributed by atoms with Crippen molar-refractivity contribution in [3.63, 3.8) is 0 Å². The van der Waals surface area contributed by atoms with Crippen molar-refractivity contribution in [1.82, 2.24) is 24.4 Å². The normalized spacial score (nSPS) is 21.0. The number of hydrogen-bond acceptors (Lipinski definition) is 4. The SMILES string of the molecule is Cn1ccnc1-c1cc(CC2CCCN(C(=O)CC3CCCCC3)C2)ncn1. The number of aromatic nitrogens is 4. The quantitative estimate of drug-likeness (QED) is 0.793. The van der Waals surface area contributed by atoms with Crippen molar-refractivity contribution in [2.75, 3.05) is 13.1 Å². The van der Waals surface area contributed by atoms with Gasteiger partial charge in [-0.05, 0) is 50.0 Å². The average Bonchev–Trinajstić information content (AvgIpc) is 3.15. The molecule has 4 rings (SSSR count). The molecule has 2 aromatic heterocycles. The van der Waals surface area contributed by atoms with Crippen LogP contribution in [-0.2, 0) is 18.3 Å². The van der Waals surface area contributed by atoms with Crippen molar-refractivity contribution in [1.29, 1.82) is 0 Å². The highest BCUT2D eigenvalue weighted by molar-refractivity contribution is 5.76. The summed E-state index contributed by atoms with van der Waals surface area (Å²) < 4.78 is 1.97. The number of likely N-dealkylation sites (tertiary alicyclic amines) is 1. The van der Waals surface area contributed by atoms with Crippen LogP contribution in [0.4, 0.5) is 0 Å². The molecule has 6 heteroatoms. The average molecular weight is 382 g/mol. The van der Waals surface area contributed by atoms with Gasteiger partial charge >= 0.3 is 0 Å². The standard InChI is InChI=1S/C22H31N5O/c1-26-11-9-23-22(26)20-14-19(24-16-25-20)12-18-8-5-10-27(15-18)21(28)13-17-6-3-2-4-7-17/h9,11,14,16-18H,2-8,10,12-13,15H2,1H3. The van der Waals surface area contributed by atoms with Gasteiger partial charge < -0.3 is 9.47 Å². The summed E-state index contributed by atoms with van der Waals surface area (Å²) in [5.74, 6) is 2.32. The number of carbonyl (C=O) groups is 1. The molecule has 3 heterocycles. The van der Waals surface area contributed by atoms with E-state index in [9.17, 15) is 4.79 Å². The number of rotatable bonds is 5. The largest absolute Gasteiger partial charge is 0.342 e. The van der Waals surface area contributed by atoms with Crippen LogP contribution < -0.4 is 0 Å². The maximum Gasteiger partial charge on any atom is 0.222 e. The predicted molar refractivity (Wildman–Crippen MR) is 108 cm³/mol. The minimum atomic E-state index is 0.369. The zero-order valence-electron chi connectivity index (χ0n) is 16.9. The summed E-state index contributed by atoms with van der Waals surface area (Å²) in [5, 5.41) is 0. The molecular weight excluding hydrogens is 350 g/mol. The van der Waals surface area contributed by atoms with Crippen LogP contribution in [0.3, 0.4) is 0 Å². The van der Waals surface area contributed by atoms with E-state index in [0.29, 0.717) is 17.7 Å². The Morgan fingerprint density at radius 3 is 2.68 bits per heavy atom. The highest BCUT2D eigenvalue weighted by atomic mass is 16.2. The molecule has 0 aromatic carbocycles. The van der Waals surface area contributed by atoms with E-state index >= 15 is 0 Å². The summed E-state index contributed by atoms with van der Waals surface area (Å²) >= 11 is 0. The molecule has 150 valence electrons. The fraction of sp³-hybridized carbons (Fsp3) is 0.636. The molecule has 1 saturated heterocycles. The third-order valence-electron chi connectivity index (χ3n) is 6.33. The molecule has 2 aliphatic rings. The summed E-state index contributed by atoms with van der Waals surface area (Å²) in [5.41, 5.74) is 1.90. The fourth-order valence-corrected chi connectivity index (χ4v) is 4.77. The summed E-state index contributed by atoms with van der Waals surface area (Å²) in [6.07, 6.45) is 15.7. The van der Waals surface area contributed by atoms with Gasteiger partial charge in [0.2, 0.25) is 5.91 Å². The van der Waals surface area contributed by atoms with Crippen LogP contribution in [0.25, 0.3) is 11.5 Å². The first-order chi connectivity index (χ1) is 13.7. The Morgan fingerprint density at radius 1 is 1.07 bits per heavy atom. The molecular formula is C22H31N5O. The van der Waals surface area contributed by atoms with Crippen LogP contribution in [0.15, 0.2) is 24.8 Å². The van der Waals surface area contributed by atoms with Gasteiger partial charge in [0.05, 0.1) is 0 Å². The van der Waals surface area contributed by atoms with E-state index in [1.807, 2.05) is 23.9 Å². The Hall–Kier alpha value is -2.24. The van der Waals surface area contributed by atoms with Crippen LogP contribution in [0.2, 0.25) is 0 Å². The molecule has 2 fully saturated rings. The molecule has 0 radical (unpaired) electrons. The third kappa shape index (κ3) is 4.59. The fourth-order valence-electron chi connectivity index (χ4n) is 4.77. The summed E-state index contributed by atoms with van der Waals surface area (Å²) in [6.45, 7) is 1.79. The Balaban J connectivity index is 1.36. The van der Waals surface area contributed by atoms with E-state index < -0.39 is 0 Å². The number of nitrogens with zero attached hydrogens (tertiary/aromatic N) is 5. The van der Waals surface area contributed by atoms with Gasteiger partial charge in [-0.1, -0.05) is 19.3 Å². The predicted octanol–water partition coefficient (Wildman–Crippen LogP) is 3.63. The molecule has 1 unspecified atom stereocenters.